The minimum Gasteiger partial charge on any atom is -0.497 e. The zero-order valence-corrected chi connectivity index (χ0v) is 11.8. The van der Waals surface area contributed by atoms with Crippen molar-refractivity contribution in [1.29, 1.82) is 0 Å². The molecule has 3 nitrogen and oxygen atoms in total. The second kappa shape index (κ2) is 5.55. The van der Waals surface area contributed by atoms with Gasteiger partial charge in [-0.3, -0.25) is 4.90 Å². The van der Waals surface area contributed by atoms with Crippen LogP contribution in [0.1, 0.15) is 16.7 Å². The van der Waals surface area contributed by atoms with Gasteiger partial charge >= 0.3 is 0 Å². The summed E-state index contributed by atoms with van der Waals surface area (Å²) in [6.07, 6.45) is 1.04. The Morgan fingerprint density at radius 1 is 1.10 bits per heavy atom. The monoisotopic (exact) mass is 268 g/mol. The zero-order valence-electron chi connectivity index (χ0n) is 11.8. The Morgan fingerprint density at radius 3 is 2.80 bits per heavy atom. The standard InChI is InChI=1S/C17H20N2O/c1-20-17-4-2-3-13(9-17)7-8-19-11-14-5-6-16(18)10-15(14)12-19/h2-6,9-10H,7-8,11-12,18H2,1H3. The molecule has 104 valence electrons. The van der Waals surface area contributed by atoms with Crippen molar-refractivity contribution in [3.8, 4) is 5.75 Å². The van der Waals surface area contributed by atoms with Gasteiger partial charge in [0.1, 0.15) is 5.75 Å². The van der Waals surface area contributed by atoms with Crippen LogP contribution in [0.2, 0.25) is 0 Å². The van der Waals surface area contributed by atoms with Crippen molar-refractivity contribution in [2.24, 2.45) is 0 Å². The smallest absolute Gasteiger partial charge is 0.119 e. The Bertz CT molecular complexity index is 610. The summed E-state index contributed by atoms with van der Waals surface area (Å²) in [4.78, 5) is 2.46. The Kier molecular flexibility index (Phi) is 3.61. The van der Waals surface area contributed by atoms with E-state index in [1.807, 2.05) is 18.2 Å². The highest BCUT2D eigenvalue weighted by Gasteiger charge is 2.18. The Morgan fingerprint density at radius 2 is 1.95 bits per heavy atom. The Balaban J connectivity index is 1.60. The quantitative estimate of drug-likeness (QED) is 0.867. The third-order valence-electron chi connectivity index (χ3n) is 3.87. The lowest BCUT2D eigenvalue weighted by Crippen LogP contribution is -2.19. The molecule has 0 saturated carbocycles. The molecule has 0 radical (unpaired) electrons. The third-order valence-corrected chi connectivity index (χ3v) is 3.87. The fourth-order valence-corrected chi connectivity index (χ4v) is 2.76. The molecule has 0 saturated heterocycles. The second-order valence-corrected chi connectivity index (χ2v) is 5.34. The van der Waals surface area contributed by atoms with E-state index in [-0.39, 0.29) is 0 Å². The van der Waals surface area contributed by atoms with Crippen LogP contribution in [0.4, 0.5) is 5.69 Å². The summed E-state index contributed by atoms with van der Waals surface area (Å²) in [7, 11) is 1.71. The molecule has 0 aromatic heterocycles. The van der Waals surface area contributed by atoms with E-state index in [0.717, 1.165) is 37.5 Å². The van der Waals surface area contributed by atoms with Crippen LogP contribution in [0.3, 0.4) is 0 Å². The highest BCUT2D eigenvalue weighted by atomic mass is 16.5. The maximum atomic E-state index is 5.84. The summed E-state index contributed by atoms with van der Waals surface area (Å²) in [5.41, 5.74) is 10.8. The molecule has 2 N–H and O–H groups in total. The third kappa shape index (κ3) is 2.78. The van der Waals surface area contributed by atoms with E-state index in [1.54, 1.807) is 7.11 Å². The molecular weight excluding hydrogens is 248 g/mol. The molecule has 0 unspecified atom stereocenters. The fourth-order valence-electron chi connectivity index (χ4n) is 2.76. The average molecular weight is 268 g/mol. The molecule has 0 spiro atoms. The van der Waals surface area contributed by atoms with Crippen molar-refractivity contribution in [3.63, 3.8) is 0 Å². The zero-order chi connectivity index (χ0) is 13.9. The number of hydrogen-bond donors (Lipinski definition) is 1. The molecule has 3 heteroatoms. The lowest BCUT2D eigenvalue weighted by molar-refractivity contribution is 0.288. The van der Waals surface area contributed by atoms with Crippen molar-refractivity contribution in [1.82, 2.24) is 4.90 Å². The second-order valence-electron chi connectivity index (χ2n) is 5.34. The Hall–Kier alpha value is -2.00. The number of nitrogens with zero attached hydrogens (tertiary/aromatic N) is 1. The van der Waals surface area contributed by atoms with E-state index in [2.05, 4.69) is 29.2 Å². The van der Waals surface area contributed by atoms with Gasteiger partial charge in [0.2, 0.25) is 0 Å². The molecule has 0 fully saturated rings. The van der Waals surface area contributed by atoms with Gasteiger partial charge < -0.3 is 10.5 Å². The van der Waals surface area contributed by atoms with E-state index in [1.165, 1.54) is 16.7 Å². The van der Waals surface area contributed by atoms with Gasteiger partial charge in [-0.15, -0.1) is 0 Å². The maximum Gasteiger partial charge on any atom is 0.119 e. The summed E-state index contributed by atoms with van der Waals surface area (Å²) in [5, 5.41) is 0. The lowest BCUT2D eigenvalue weighted by atomic mass is 10.1. The minimum atomic E-state index is 0.860. The number of fused-ring (bicyclic) bond motifs is 1. The number of hydrogen-bond acceptors (Lipinski definition) is 3. The van der Waals surface area contributed by atoms with Crippen LogP contribution in [0, 0.1) is 0 Å². The Labute approximate surface area is 120 Å². The number of methoxy groups -OCH3 is 1. The summed E-state index contributed by atoms with van der Waals surface area (Å²) in [5.74, 6) is 0.931. The largest absolute Gasteiger partial charge is 0.497 e. The van der Waals surface area contributed by atoms with E-state index >= 15 is 0 Å². The first-order valence-corrected chi connectivity index (χ1v) is 6.97. The number of rotatable bonds is 4. The molecule has 1 heterocycles. The maximum absolute atomic E-state index is 5.84. The predicted octanol–water partition coefficient (Wildman–Crippen LogP) is 2.84. The van der Waals surface area contributed by atoms with Crippen molar-refractivity contribution in [3.05, 3.63) is 59.2 Å². The SMILES string of the molecule is COc1cccc(CCN2Cc3ccc(N)cc3C2)c1. The lowest BCUT2D eigenvalue weighted by Gasteiger charge is -2.14. The van der Waals surface area contributed by atoms with Crippen molar-refractivity contribution < 1.29 is 4.74 Å². The van der Waals surface area contributed by atoms with E-state index in [0.29, 0.717) is 0 Å². The molecule has 0 bridgehead atoms. The van der Waals surface area contributed by atoms with Gasteiger partial charge in [-0.2, -0.15) is 0 Å². The first-order chi connectivity index (χ1) is 9.74. The summed E-state index contributed by atoms with van der Waals surface area (Å²) < 4.78 is 5.26. The van der Waals surface area contributed by atoms with Gasteiger partial charge in [0.25, 0.3) is 0 Å². The van der Waals surface area contributed by atoms with Gasteiger partial charge in [0.05, 0.1) is 7.11 Å². The van der Waals surface area contributed by atoms with Crippen LogP contribution >= 0.6 is 0 Å². The van der Waals surface area contributed by atoms with Crippen LogP contribution in [-0.2, 0) is 19.5 Å². The van der Waals surface area contributed by atoms with Crippen molar-refractivity contribution in [2.75, 3.05) is 19.4 Å². The molecule has 0 amide bonds. The summed E-state index contributed by atoms with van der Waals surface area (Å²) in [6, 6.07) is 14.5. The van der Waals surface area contributed by atoms with Gasteiger partial charge in [-0.1, -0.05) is 18.2 Å². The van der Waals surface area contributed by atoms with Crippen LogP contribution < -0.4 is 10.5 Å². The van der Waals surface area contributed by atoms with Gasteiger partial charge in [-0.05, 0) is 47.4 Å². The molecule has 0 atom stereocenters. The highest BCUT2D eigenvalue weighted by Crippen LogP contribution is 2.25. The predicted molar refractivity (Wildman–Crippen MR) is 81.7 cm³/mol. The molecule has 20 heavy (non-hydrogen) atoms. The van der Waals surface area contributed by atoms with Crippen molar-refractivity contribution in [2.45, 2.75) is 19.5 Å². The highest BCUT2D eigenvalue weighted by molar-refractivity contribution is 5.46. The number of nitrogen functional groups attached to an aromatic ring is 1. The summed E-state index contributed by atoms with van der Waals surface area (Å²) in [6.45, 7) is 3.09. The first-order valence-electron chi connectivity index (χ1n) is 6.97. The molecule has 2 aromatic carbocycles. The van der Waals surface area contributed by atoms with Gasteiger partial charge in [-0.25, -0.2) is 0 Å². The molecule has 0 aliphatic carbocycles. The fraction of sp³-hybridized carbons (Fsp3) is 0.294. The van der Waals surface area contributed by atoms with E-state index in [4.69, 9.17) is 10.5 Å². The molecular formula is C17H20N2O. The van der Waals surface area contributed by atoms with Crippen LogP contribution in [0.25, 0.3) is 0 Å². The van der Waals surface area contributed by atoms with Gasteiger partial charge in [0, 0.05) is 25.3 Å². The molecule has 3 rings (SSSR count). The number of nitrogens with two attached hydrogens (primary N) is 1. The normalized spacial score (nSPS) is 14.2. The number of anilines is 1. The number of ether oxygens (including phenoxy) is 1. The molecule has 2 aromatic rings. The minimum absolute atomic E-state index is 0.860. The van der Waals surface area contributed by atoms with Crippen LogP contribution in [-0.4, -0.2) is 18.6 Å². The summed E-state index contributed by atoms with van der Waals surface area (Å²) >= 11 is 0. The first kappa shape index (κ1) is 13.0. The average Bonchev–Trinajstić information content (AvgIpc) is 2.87. The van der Waals surface area contributed by atoms with E-state index in [9.17, 15) is 0 Å². The molecule has 1 aliphatic heterocycles. The topological polar surface area (TPSA) is 38.5 Å². The number of benzene rings is 2. The van der Waals surface area contributed by atoms with Crippen LogP contribution in [0.5, 0.6) is 5.75 Å². The van der Waals surface area contributed by atoms with Crippen molar-refractivity contribution >= 4 is 5.69 Å². The van der Waals surface area contributed by atoms with E-state index < -0.39 is 0 Å². The van der Waals surface area contributed by atoms with Crippen LogP contribution in [0.15, 0.2) is 42.5 Å². The van der Waals surface area contributed by atoms with Gasteiger partial charge in [0.15, 0.2) is 0 Å². The molecule has 1 aliphatic rings.